The van der Waals surface area contributed by atoms with E-state index in [1.807, 2.05) is 25.1 Å². The highest BCUT2D eigenvalue weighted by molar-refractivity contribution is 9.10. The van der Waals surface area contributed by atoms with Crippen LogP contribution in [0.2, 0.25) is 0 Å². The van der Waals surface area contributed by atoms with Crippen molar-refractivity contribution in [1.29, 1.82) is 0 Å². The van der Waals surface area contributed by atoms with Crippen LogP contribution in [0.1, 0.15) is 23.6 Å². The first-order chi connectivity index (χ1) is 16.1. The van der Waals surface area contributed by atoms with E-state index in [0.717, 1.165) is 53.5 Å². The minimum absolute atomic E-state index is 0.506. The van der Waals surface area contributed by atoms with Gasteiger partial charge in [-0.1, -0.05) is 40.2 Å². The van der Waals surface area contributed by atoms with Crippen LogP contribution in [0.4, 0.5) is 11.4 Å². The zero-order chi connectivity index (χ0) is 23.0. The molecule has 1 aliphatic rings. The summed E-state index contributed by atoms with van der Waals surface area (Å²) in [6.45, 7) is 9.32. The van der Waals surface area contributed by atoms with Crippen LogP contribution in [-0.4, -0.2) is 32.9 Å². The van der Waals surface area contributed by atoms with E-state index in [0.29, 0.717) is 19.8 Å². The third-order valence-electron chi connectivity index (χ3n) is 5.78. The molecule has 4 rings (SSSR count). The van der Waals surface area contributed by atoms with E-state index in [9.17, 15) is 0 Å². The molecule has 0 aliphatic carbocycles. The highest BCUT2D eigenvalue weighted by Gasteiger charge is 2.13. The van der Waals surface area contributed by atoms with Gasteiger partial charge in [-0.25, -0.2) is 0 Å². The molecule has 0 bridgehead atoms. The lowest BCUT2D eigenvalue weighted by Gasteiger charge is -2.29. The first-order valence-corrected chi connectivity index (χ1v) is 12.2. The Morgan fingerprint density at radius 2 is 1.67 bits per heavy atom. The molecule has 1 heterocycles. The molecule has 5 nitrogen and oxygen atoms in total. The fourth-order valence-electron chi connectivity index (χ4n) is 3.83. The summed E-state index contributed by atoms with van der Waals surface area (Å²) in [6, 6.07) is 20.9. The number of rotatable bonds is 9. The van der Waals surface area contributed by atoms with Gasteiger partial charge in [-0.3, -0.25) is 0 Å². The average Bonchev–Trinajstić information content (AvgIpc) is 2.85. The Morgan fingerprint density at radius 1 is 0.939 bits per heavy atom. The van der Waals surface area contributed by atoms with Crippen molar-refractivity contribution >= 4 is 27.3 Å². The Balaban J connectivity index is 1.42. The Kier molecular flexibility index (Phi) is 8.13. The maximum atomic E-state index is 6.14. The summed E-state index contributed by atoms with van der Waals surface area (Å²) in [7, 11) is 0. The Labute approximate surface area is 204 Å². The van der Waals surface area contributed by atoms with E-state index in [2.05, 4.69) is 75.5 Å². The second-order valence-electron chi connectivity index (χ2n) is 8.04. The molecule has 0 unspecified atom stereocenters. The molecular formula is C27H31BrN2O3. The van der Waals surface area contributed by atoms with Gasteiger partial charge in [-0.15, -0.1) is 0 Å². The van der Waals surface area contributed by atoms with E-state index in [1.165, 1.54) is 16.8 Å². The second kappa shape index (κ2) is 11.4. The van der Waals surface area contributed by atoms with Crippen molar-refractivity contribution < 1.29 is 14.2 Å². The minimum Gasteiger partial charge on any atom is -0.490 e. The van der Waals surface area contributed by atoms with E-state index in [-0.39, 0.29) is 0 Å². The summed E-state index contributed by atoms with van der Waals surface area (Å²) in [6.07, 6.45) is 0. The lowest BCUT2D eigenvalue weighted by Crippen LogP contribution is -2.36. The van der Waals surface area contributed by atoms with Crippen LogP contribution >= 0.6 is 15.9 Å². The SMILES string of the molecule is CCOc1cc(CNc2ccc(N3CCOCC3)cc2)c(Br)cc1OCc1ccccc1C. The topological polar surface area (TPSA) is 43.0 Å². The predicted molar refractivity (Wildman–Crippen MR) is 138 cm³/mol. The summed E-state index contributed by atoms with van der Waals surface area (Å²) in [5, 5.41) is 3.52. The average molecular weight is 511 g/mol. The van der Waals surface area contributed by atoms with Gasteiger partial charge in [0.05, 0.1) is 19.8 Å². The van der Waals surface area contributed by atoms with Crippen molar-refractivity contribution in [3.05, 3.63) is 81.8 Å². The highest BCUT2D eigenvalue weighted by atomic mass is 79.9. The molecule has 0 atom stereocenters. The number of nitrogens with one attached hydrogen (secondary N) is 1. The van der Waals surface area contributed by atoms with E-state index in [1.54, 1.807) is 0 Å². The van der Waals surface area contributed by atoms with Crippen LogP contribution in [0, 0.1) is 6.92 Å². The van der Waals surface area contributed by atoms with Gasteiger partial charge in [0.1, 0.15) is 6.61 Å². The lowest BCUT2D eigenvalue weighted by atomic mass is 10.1. The largest absolute Gasteiger partial charge is 0.490 e. The molecule has 1 N–H and O–H groups in total. The van der Waals surface area contributed by atoms with Crippen molar-refractivity contribution in [3.63, 3.8) is 0 Å². The van der Waals surface area contributed by atoms with Crippen LogP contribution in [-0.2, 0) is 17.9 Å². The Hall–Kier alpha value is -2.70. The van der Waals surface area contributed by atoms with Gasteiger partial charge >= 0.3 is 0 Å². The molecule has 1 saturated heterocycles. The Morgan fingerprint density at radius 3 is 2.39 bits per heavy atom. The van der Waals surface area contributed by atoms with E-state index >= 15 is 0 Å². The van der Waals surface area contributed by atoms with Crippen LogP contribution in [0.5, 0.6) is 11.5 Å². The molecular weight excluding hydrogens is 480 g/mol. The van der Waals surface area contributed by atoms with Crippen LogP contribution in [0.3, 0.4) is 0 Å². The number of aryl methyl sites for hydroxylation is 1. The predicted octanol–water partition coefficient (Wildman–Crippen LogP) is 6.18. The zero-order valence-electron chi connectivity index (χ0n) is 19.3. The minimum atomic E-state index is 0.506. The molecule has 0 saturated carbocycles. The van der Waals surface area contributed by atoms with E-state index < -0.39 is 0 Å². The van der Waals surface area contributed by atoms with Crippen molar-refractivity contribution in [2.24, 2.45) is 0 Å². The van der Waals surface area contributed by atoms with Gasteiger partial charge in [0.15, 0.2) is 11.5 Å². The third kappa shape index (κ3) is 6.21. The molecule has 0 aromatic heterocycles. The molecule has 1 aliphatic heterocycles. The van der Waals surface area contributed by atoms with Gasteiger partial charge in [-0.05, 0) is 66.9 Å². The number of morpholine rings is 1. The van der Waals surface area contributed by atoms with E-state index in [4.69, 9.17) is 14.2 Å². The second-order valence-corrected chi connectivity index (χ2v) is 8.89. The number of anilines is 2. The third-order valence-corrected chi connectivity index (χ3v) is 6.52. The van der Waals surface area contributed by atoms with Crippen molar-refractivity contribution in [2.45, 2.75) is 27.0 Å². The molecule has 1 fully saturated rings. The number of hydrogen-bond donors (Lipinski definition) is 1. The summed E-state index contributed by atoms with van der Waals surface area (Å²) in [4.78, 5) is 2.36. The summed E-state index contributed by atoms with van der Waals surface area (Å²) in [5.74, 6) is 1.50. The molecule has 0 spiro atoms. The van der Waals surface area contributed by atoms with Gasteiger partial charge in [0.25, 0.3) is 0 Å². The lowest BCUT2D eigenvalue weighted by molar-refractivity contribution is 0.122. The highest BCUT2D eigenvalue weighted by Crippen LogP contribution is 2.35. The molecule has 3 aromatic rings. The van der Waals surface area contributed by atoms with Crippen molar-refractivity contribution in [2.75, 3.05) is 43.1 Å². The molecule has 33 heavy (non-hydrogen) atoms. The first kappa shape index (κ1) is 23.5. The normalized spacial score (nSPS) is 13.6. The maximum Gasteiger partial charge on any atom is 0.162 e. The Bertz CT molecular complexity index is 1050. The first-order valence-electron chi connectivity index (χ1n) is 11.4. The fraction of sp³-hybridized carbons (Fsp3) is 0.333. The van der Waals surface area contributed by atoms with Crippen molar-refractivity contribution in [1.82, 2.24) is 0 Å². The van der Waals surface area contributed by atoms with Crippen LogP contribution < -0.4 is 19.7 Å². The number of benzene rings is 3. The van der Waals surface area contributed by atoms with Gasteiger partial charge < -0.3 is 24.4 Å². The van der Waals surface area contributed by atoms with Gasteiger partial charge in [0.2, 0.25) is 0 Å². The molecule has 0 radical (unpaired) electrons. The summed E-state index contributed by atoms with van der Waals surface area (Å²) < 4.78 is 18.5. The fourth-order valence-corrected chi connectivity index (χ4v) is 4.29. The maximum absolute atomic E-state index is 6.14. The molecule has 174 valence electrons. The quantitative estimate of drug-likeness (QED) is 0.372. The monoisotopic (exact) mass is 510 g/mol. The molecule has 6 heteroatoms. The number of halogens is 1. The molecule has 3 aromatic carbocycles. The van der Waals surface area contributed by atoms with Crippen LogP contribution in [0.25, 0.3) is 0 Å². The molecule has 0 amide bonds. The van der Waals surface area contributed by atoms with Gasteiger partial charge in [-0.2, -0.15) is 0 Å². The summed E-state index contributed by atoms with van der Waals surface area (Å²) in [5.41, 5.74) is 5.81. The number of nitrogens with zero attached hydrogens (tertiary/aromatic N) is 1. The van der Waals surface area contributed by atoms with Gasteiger partial charge in [0, 0.05) is 35.5 Å². The zero-order valence-corrected chi connectivity index (χ0v) is 20.9. The number of ether oxygens (including phenoxy) is 3. The smallest absolute Gasteiger partial charge is 0.162 e. The summed E-state index contributed by atoms with van der Waals surface area (Å²) >= 11 is 3.72. The van der Waals surface area contributed by atoms with Crippen molar-refractivity contribution in [3.8, 4) is 11.5 Å². The number of hydrogen-bond acceptors (Lipinski definition) is 5. The standard InChI is InChI=1S/C27H31BrN2O3/c1-3-32-26-16-22(25(28)17-27(26)33-19-21-7-5-4-6-20(21)2)18-29-23-8-10-24(11-9-23)30-12-14-31-15-13-30/h4-11,16-17,29H,3,12-15,18-19H2,1-2H3. The van der Waals surface area contributed by atoms with Crippen LogP contribution in [0.15, 0.2) is 65.1 Å².